The number of rotatable bonds is 6. The van der Waals surface area contributed by atoms with Crippen LogP contribution in [0.5, 0.6) is 0 Å². The van der Waals surface area contributed by atoms with Crippen molar-refractivity contribution in [3.8, 4) is 11.3 Å². The summed E-state index contributed by atoms with van der Waals surface area (Å²) in [5.74, 6) is -0.221. The van der Waals surface area contributed by atoms with Crippen LogP contribution >= 0.6 is 11.6 Å². The fourth-order valence-corrected chi connectivity index (χ4v) is 3.98. The lowest BCUT2D eigenvalue weighted by molar-refractivity contribution is 0.112. The van der Waals surface area contributed by atoms with Gasteiger partial charge in [-0.1, -0.05) is 54.1 Å². The molecular weight excluding hydrogens is 384 g/mol. The van der Waals surface area contributed by atoms with E-state index in [2.05, 4.69) is 4.98 Å². The zero-order valence-corrected chi connectivity index (χ0v) is 16.1. The van der Waals surface area contributed by atoms with Gasteiger partial charge in [0.2, 0.25) is 10.0 Å². The molecule has 3 aromatic rings. The highest BCUT2D eigenvalue weighted by molar-refractivity contribution is 7.90. The third-order valence-electron chi connectivity index (χ3n) is 3.97. The first-order chi connectivity index (χ1) is 12.9. The fourth-order valence-electron chi connectivity index (χ4n) is 2.63. The van der Waals surface area contributed by atoms with Crippen molar-refractivity contribution in [1.29, 1.82) is 0 Å². The van der Waals surface area contributed by atoms with Gasteiger partial charge in [0.15, 0.2) is 6.29 Å². The van der Waals surface area contributed by atoms with Crippen molar-refractivity contribution in [3.05, 3.63) is 82.8 Å². The van der Waals surface area contributed by atoms with Crippen LogP contribution in [0.3, 0.4) is 0 Å². The molecule has 0 unspecified atom stereocenters. The molecule has 2 aromatic heterocycles. The van der Waals surface area contributed by atoms with Crippen LogP contribution in [0.2, 0.25) is 5.15 Å². The van der Waals surface area contributed by atoms with Crippen LogP contribution in [0, 0.1) is 6.92 Å². The molecule has 5 nitrogen and oxygen atoms in total. The van der Waals surface area contributed by atoms with Crippen molar-refractivity contribution in [2.24, 2.45) is 0 Å². The van der Waals surface area contributed by atoms with Gasteiger partial charge >= 0.3 is 0 Å². The van der Waals surface area contributed by atoms with Gasteiger partial charge in [-0.25, -0.2) is 17.4 Å². The molecular formula is C20H17ClN2O3S. The zero-order chi connectivity index (χ0) is 19.4. The SMILES string of the molecule is Cc1cc(C=CCS(=O)(=O)n2cc(C=O)cc2-c2ccccc2)cnc1Cl. The van der Waals surface area contributed by atoms with Gasteiger partial charge < -0.3 is 0 Å². The Kier molecular flexibility index (Phi) is 5.58. The average molecular weight is 401 g/mol. The summed E-state index contributed by atoms with van der Waals surface area (Å²) in [5.41, 5.74) is 3.05. The molecule has 0 saturated heterocycles. The second-order valence-electron chi connectivity index (χ2n) is 6.00. The topological polar surface area (TPSA) is 69.0 Å². The van der Waals surface area contributed by atoms with Crippen LogP contribution in [0.1, 0.15) is 21.5 Å². The molecule has 1 aromatic carbocycles. The third kappa shape index (κ3) is 4.35. The highest BCUT2D eigenvalue weighted by atomic mass is 35.5. The molecule has 0 bridgehead atoms. The fraction of sp³-hybridized carbons (Fsp3) is 0.100. The molecule has 0 amide bonds. The number of aldehydes is 1. The third-order valence-corrected chi connectivity index (χ3v) is 5.88. The minimum Gasteiger partial charge on any atom is -0.298 e. The molecule has 0 atom stereocenters. The number of pyridine rings is 1. The minimum atomic E-state index is -3.69. The van der Waals surface area contributed by atoms with Gasteiger partial charge in [-0.2, -0.15) is 0 Å². The Morgan fingerprint density at radius 2 is 1.89 bits per heavy atom. The second-order valence-corrected chi connectivity index (χ2v) is 8.24. The summed E-state index contributed by atoms with van der Waals surface area (Å²) in [7, 11) is -3.69. The molecule has 0 spiro atoms. The number of halogens is 1. The summed E-state index contributed by atoms with van der Waals surface area (Å²) in [6.45, 7) is 1.83. The summed E-state index contributed by atoms with van der Waals surface area (Å²) in [6.07, 6.45) is 6.78. The summed E-state index contributed by atoms with van der Waals surface area (Å²) >= 11 is 5.90. The second kappa shape index (κ2) is 7.90. The summed E-state index contributed by atoms with van der Waals surface area (Å²) in [5, 5.41) is 0.418. The lowest BCUT2D eigenvalue weighted by Gasteiger charge is -2.09. The van der Waals surface area contributed by atoms with E-state index in [9.17, 15) is 13.2 Å². The smallest absolute Gasteiger partial charge is 0.242 e. The van der Waals surface area contributed by atoms with Crippen LogP contribution in [0.25, 0.3) is 17.3 Å². The molecule has 0 N–H and O–H groups in total. The molecule has 0 radical (unpaired) electrons. The Balaban J connectivity index is 1.90. The van der Waals surface area contributed by atoms with E-state index in [1.165, 1.54) is 6.20 Å². The minimum absolute atomic E-state index is 0.221. The van der Waals surface area contributed by atoms with Gasteiger partial charge in [-0.05, 0) is 35.7 Å². The number of benzene rings is 1. The van der Waals surface area contributed by atoms with E-state index in [0.717, 1.165) is 20.7 Å². The number of carbonyl (C=O) groups excluding carboxylic acids is 1. The van der Waals surface area contributed by atoms with E-state index < -0.39 is 10.0 Å². The Hall–Kier alpha value is -2.70. The van der Waals surface area contributed by atoms with Crippen LogP contribution in [-0.2, 0) is 10.0 Å². The standard InChI is InChI=1S/C20H17ClN2O3S/c1-15-10-16(12-22-20(15)21)6-5-9-27(25,26)23-13-17(14-24)11-19(23)18-7-3-2-4-8-18/h2-8,10-14H,9H2,1H3. The maximum atomic E-state index is 12.8. The van der Waals surface area contributed by atoms with E-state index in [-0.39, 0.29) is 5.75 Å². The van der Waals surface area contributed by atoms with Gasteiger partial charge in [0, 0.05) is 18.0 Å². The van der Waals surface area contributed by atoms with Gasteiger partial charge in [0.05, 0.1) is 11.4 Å². The molecule has 138 valence electrons. The normalized spacial score (nSPS) is 11.8. The number of carbonyl (C=O) groups is 1. The number of aromatic nitrogens is 2. The largest absolute Gasteiger partial charge is 0.298 e. The van der Waals surface area contributed by atoms with Crippen molar-refractivity contribution >= 4 is 34.0 Å². The van der Waals surface area contributed by atoms with E-state index in [1.807, 2.05) is 31.2 Å². The van der Waals surface area contributed by atoms with Gasteiger partial charge in [-0.15, -0.1) is 0 Å². The molecule has 0 aliphatic rings. The number of aryl methyl sites for hydroxylation is 1. The maximum absolute atomic E-state index is 12.8. The van der Waals surface area contributed by atoms with E-state index in [4.69, 9.17) is 11.6 Å². The van der Waals surface area contributed by atoms with Crippen molar-refractivity contribution in [2.45, 2.75) is 6.92 Å². The van der Waals surface area contributed by atoms with Gasteiger partial charge in [0.25, 0.3) is 0 Å². The highest BCUT2D eigenvalue weighted by Crippen LogP contribution is 2.24. The van der Waals surface area contributed by atoms with Crippen LogP contribution < -0.4 is 0 Å². The highest BCUT2D eigenvalue weighted by Gasteiger charge is 2.18. The monoisotopic (exact) mass is 400 g/mol. The lowest BCUT2D eigenvalue weighted by Crippen LogP contribution is -2.15. The van der Waals surface area contributed by atoms with Crippen molar-refractivity contribution in [1.82, 2.24) is 8.96 Å². The number of nitrogens with zero attached hydrogens (tertiary/aromatic N) is 2. The van der Waals surface area contributed by atoms with Crippen LogP contribution in [0.15, 0.2) is 60.9 Å². The summed E-state index contributed by atoms with van der Waals surface area (Å²) in [6, 6.07) is 12.5. The van der Waals surface area contributed by atoms with Crippen molar-refractivity contribution < 1.29 is 13.2 Å². The molecule has 27 heavy (non-hydrogen) atoms. The maximum Gasteiger partial charge on any atom is 0.242 e. The van der Waals surface area contributed by atoms with E-state index in [0.29, 0.717) is 22.7 Å². The first kappa shape index (κ1) is 19.1. The van der Waals surface area contributed by atoms with Gasteiger partial charge in [-0.3, -0.25) is 4.79 Å². The lowest BCUT2D eigenvalue weighted by atomic mass is 10.1. The molecule has 7 heteroatoms. The van der Waals surface area contributed by atoms with E-state index in [1.54, 1.807) is 36.5 Å². The van der Waals surface area contributed by atoms with Gasteiger partial charge in [0.1, 0.15) is 5.15 Å². The Morgan fingerprint density at radius 1 is 1.15 bits per heavy atom. The predicted molar refractivity (Wildman–Crippen MR) is 107 cm³/mol. The zero-order valence-electron chi connectivity index (χ0n) is 14.5. The van der Waals surface area contributed by atoms with Crippen molar-refractivity contribution in [2.75, 3.05) is 5.75 Å². The molecule has 3 rings (SSSR count). The number of hydrogen-bond donors (Lipinski definition) is 0. The summed E-state index contributed by atoms with van der Waals surface area (Å²) < 4.78 is 26.8. The molecule has 0 fully saturated rings. The molecule has 0 aliphatic carbocycles. The van der Waals surface area contributed by atoms with E-state index >= 15 is 0 Å². The quantitative estimate of drug-likeness (QED) is 0.459. The van der Waals surface area contributed by atoms with Crippen molar-refractivity contribution in [3.63, 3.8) is 0 Å². The average Bonchev–Trinajstić information content (AvgIpc) is 3.11. The Labute approximate surface area is 163 Å². The first-order valence-corrected chi connectivity index (χ1v) is 10.1. The number of hydrogen-bond acceptors (Lipinski definition) is 4. The molecule has 2 heterocycles. The first-order valence-electron chi connectivity index (χ1n) is 8.15. The van der Waals surface area contributed by atoms with Crippen LogP contribution in [0.4, 0.5) is 0 Å². The molecule has 0 aliphatic heterocycles. The summed E-state index contributed by atoms with van der Waals surface area (Å²) in [4.78, 5) is 15.2. The van der Waals surface area contributed by atoms with Crippen LogP contribution in [-0.4, -0.2) is 29.4 Å². The molecule has 0 saturated carbocycles. The Bertz CT molecular complexity index is 1100. The predicted octanol–water partition coefficient (Wildman–Crippen LogP) is 4.22. The Morgan fingerprint density at radius 3 is 2.56 bits per heavy atom.